The lowest BCUT2D eigenvalue weighted by molar-refractivity contribution is 0.0268. The van der Waals surface area contributed by atoms with Crippen molar-refractivity contribution in [1.29, 1.82) is 0 Å². The molecule has 6 heteroatoms. The summed E-state index contributed by atoms with van der Waals surface area (Å²) in [5.74, 6) is 1.07. The van der Waals surface area contributed by atoms with Crippen molar-refractivity contribution in [2.24, 2.45) is 0 Å². The van der Waals surface area contributed by atoms with Crippen LogP contribution in [0.25, 0.3) is 10.8 Å². The van der Waals surface area contributed by atoms with Gasteiger partial charge in [0.2, 0.25) is 0 Å². The molecule has 1 aromatic carbocycles. The number of aliphatic hydroxyl groups is 1. The van der Waals surface area contributed by atoms with E-state index in [2.05, 4.69) is 65.3 Å². The van der Waals surface area contributed by atoms with Gasteiger partial charge in [-0.15, -0.1) is 12.4 Å². The van der Waals surface area contributed by atoms with Crippen molar-refractivity contribution in [2.45, 2.75) is 31.8 Å². The molecule has 1 N–H and O–H groups in total. The van der Waals surface area contributed by atoms with Gasteiger partial charge in [-0.3, -0.25) is 0 Å². The monoisotopic (exact) mass is 443 g/mol. The molecule has 168 valence electrons. The highest BCUT2D eigenvalue weighted by molar-refractivity contribution is 5.93. The second kappa shape index (κ2) is 10.6. The van der Waals surface area contributed by atoms with Crippen molar-refractivity contribution in [3.63, 3.8) is 0 Å². The highest BCUT2D eigenvalue weighted by Gasteiger charge is 2.33. The number of halogens is 1. The molecule has 2 aliphatic rings. The van der Waals surface area contributed by atoms with Gasteiger partial charge in [-0.1, -0.05) is 48.9 Å². The standard InChI is InChI=1S/C25H33N3O2.ClH/c1-3-27-14-16-28(17-15-27)24-22-9-5-4-8-21(22)19-23(26-24)25(30-2)12-10-20(11-13-25)7-6-18-29;/h4-5,8-12,19,29H,3,6-7,13-18H2,1-2H3;1H. The molecule has 2 aromatic rings. The van der Waals surface area contributed by atoms with Gasteiger partial charge in [0.25, 0.3) is 0 Å². The van der Waals surface area contributed by atoms with Crippen molar-refractivity contribution in [3.05, 3.63) is 59.8 Å². The molecule has 1 saturated heterocycles. The summed E-state index contributed by atoms with van der Waals surface area (Å²) in [6.07, 6.45) is 8.96. The summed E-state index contributed by atoms with van der Waals surface area (Å²) in [6, 6.07) is 10.7. The number of rotatable bonds is 7. The van der Waals surface area contributed by atoms with Crippen LogP contribution in [-0.2, 0) is 10.3 Å². The first-order valence-electron chi connectivity index (χ1n) is 11.1. The molecule has 0 saturated carbocycles. The number of ether oxygens (including phenoxy) is 1. The Morgan fingerprint density at radius 2 is 1.94 bits per heavy atom. The van der Waals surface area contributed by atoms with E-state index in [9.17, 15) is 0 Å². The molecular formula is C25H34ClN3O2. The number of allylic oxidation sites excluding steroid dienone is 2. The van der Waals surface area contributed by atoms with Crippen LogP contribution < -0.4 is 4.90 Å². The fraction of sp³-hybridized carbons (Fsp3) is 0.480. The minimum Gasteiger partial charge on any atom is -0.396 e. The summed E-state index contributed by atoms with van der Waals surface area (Å²) < 4.78 is 6.07. The number of aliphatic hydroxyl groups excluding tert-OH is 1. The van der Waals surface area contributed by atoms with Crippen LogP contribution in [-0.4, -0.2) is 61.4 Å². The number of aromatic nitrogens is 1. The summed E-state index contributed by atoms with van der Waals surface area (Å²) in [5.41, 5.74) is 1.67. The van der Waals surface area contributed by atoms with Gasteiger partial charge in [-0.25, -0.2) is 4.98 Å². The number of benzene rings is 1. The Morgan fingerprint density at radius 1 is 1.16 bits per heavy atom. The molecule has 1 atom stereocenters. The quantitative estimate of drug-likeness (QED) is 0.691. The first-order valence-corrected chi connectivity index (χ1v) is 11.1. The van der Waals surface area contributed by atoms with Crippen LogP contribution in [0.4, 0.5) is 5.82 Å². The van der Waals surface area contributed by atoms with Gasteiger partial charge in [-0.2, -0.15) is 0 Å². The second-order valence-electron chi connectivity index (χ2n) is 8.21. The molecule has 0 amide bonds. The van der Waals surface area contributed by atoms with Gasteiger partial charge in [0.1, 0.15) is 11.4 Å². The third-order valence-corrected chi connectivity index (χ3v) is 6.49. The molecular weight excluding hydrogens is 410 g/mol. The fourth-order valence-corrected chi connectivity index (χ4v) is 4.49. The highest BCUT2D eigenvalue weighted by atomic mass is 35.5. The molecule has 4 rings (SSSR count). The van der Waals surface area contributed by atoms with E-state index in [1.54, 1.807) is 7.11 Å². The molecule has 1 aromatic heterocycles. The minimum absolute atomic E-state index is 0. The van der Waals surface area contributed by atoms with Crippen molar-refractivity contribution in [1.82, 2.24) is 9.88 Å². The molecule has 1 fully saturated rings. The lowest BCUT2D eigenvalue weighted by atomic mass is 9.86. The van der Waals surface area contributed by atoms with Gasteiger partial charge >= 0.3 is 0 Å². The predicted molar refractivity (Wildman–Crippen MR) is 130 cm³/mol. The zero-order valence-corrected chi connectivity index (χ0v) is 19.4. The lowest BCUT2D eigenvalue weighted by Crippen LogP contribution is -2.46. The van der Waals surface area contributed by atoms with Crippen molar-refractivity contribution in [3.8, 4) is 0 Å². The summed E-state index contributed by atoms with van der Waals surface area (Å²) in [6.45, 7) is 7.69. The summed E-state index contributed by atoms with van der Waals surface area (Å²) in [4.78, 5) is 10.1. The molecule has 5 nitrogen and oxygen atoms in total. The average molecular weight is 444 g/mol. The third-order valence-electron chi connectivity index (χ3n) is 6.49. The van der Waals surface area contributed by atoms with Gasteiger partial charge in [0.05, 0.1) is 5.69 Å². The zero-order valence-electron chi connectivity index (χ0n) is 18.6. The number of methoxy groups -OCH3 is 1. The first kappa shape index (κ1) is 23.7. The highest BCUT2D eigenvalue weighted by Crippen LogP contribution is 2.38. The average Bonchev–Trinajstić information content (AvgIpc) is 2.82. The van der Waals surface area contributed by atoms with Crippen LogP contribution in [0.1, 0.15) is 31.9 Å². The second-order valence-corrected chi connectivity index (χ2v) is 8.21. The van der Waals surface area contributed by atoms with Crippen molar-refractivity contribution < 1.29 is 9.84 Å². The number of likely N-dealkylation sites (N-methyl/N-ethyl adjacent to an activating group) is 1. The maximum atomic E-state index is 9.12. The van der Waals surface area contributed by atoms with Crippen LogP contribution in [0.3, 0.4) is 0 Å². The molecule has 0 radical (unpaired) electrons. The molecule has 31 heavy (non-hydrogen) atoms. The number of nitrogens with zero attached hydrogens (tertiary/aromatic N) is 3. The van der Waals surface area contributed by atoms with Crippen molar-refractivity contribution >= 4 is 29.0 Å². The number of pyridine rings is 1. The molecule has 0 bridgehead atoms. The molecule has 0 spiro atoms. The largest absolute Gasteiger partial charge is 0.396 e. The SMILES string of the molecule is CCN1CCN(c2nc(C3(OC)C=CC(CCCO)=CC3)cc3ccccc23)CC1.Cl. The summed E-state index contributed by atoms with van der Waals surface area (Å²) >= 11 is 0. The van der Waals surface area contributed by atoms with E-state index < -0.39 is 5.60 Å². The number of anilines is 1. The number of hydrogen-bond acceptors (Lipinski definition) is 5. The smallest absolute Gasteiger partial charge is 0.136 e. The molecule has 1 unspecified atom stereocenters. The number of fused-ring (bicyclic) bond motifs is 1. The van der Waals surface area contributed by atoms with Crippen LogP contribution >= 0.6 is 12.4 Å². The van der Waals surface area contributed by atoms with Crippen molar-refractivity contribution in [2.75, 3.05) is 51.3 Å². The van der Waals surface area contributed by atoms with Crippen LogP contribution in [0.5, 0.6) is 0 Å². The Balaban J connectivity index is 0.00000272. The first-order chi connectivity index (χ1) is 14.7. The van der Waals surface area contributed by atoms with Gasteiger partial charge in [-0.05, 0) is 36.9 Å². The molecule has 2 heterocycles. The van der Waals surface area contributed by atoms with Gasteiger partial charge < -0.3 is 19.6 Å². The van der Waals surface area contributed by atoms with E-state index in [0.717, 1.165) is 63.5 Å². The van der Waals surface area contributed by atoms with E-state index in [1.165, 1.54) is 16.3 Å². The molecule has 1 aliphatic heterocycles. The normalized spacial score (nSPS) is 21.8. The Labute approximate surface area is 191 Å². The molecule has 1 aliphatic carbocycles. The van der Waals surface area contributed by atoms with E-state index in [1.807, 2.05) is 0 Å². The van der Waals surface area contributed by atoms with Crippen LogP contribution in [0, 0.1) is 0 Å². The van der Waals surface area contributed by atoms with E-state index in [-0.39, 0.29) is 19.0 Å². The van der Waals surface area contributed by atoms with Gasteiger partial charge in [0.15, 0.2) is 0 Å². The third kappa shape index (κ3) is 4.96. The summed E-state index contributed by atoms with van der Waals surface area (Å²) in [5, 5.41) is 11.5. The zero-order chi connectivity index (χ0) is 21.0. The van der Waals surface area contributed by atoms with E-state index in [0.29, 0.717) is 0 Å². The maximum absolute atomic E-state index is 9.12. The van der Waals surface area contributed by atoms with E-state index >= 15 is 0 Å². The number of piperazine rings is 1. The topological polar surface area (TPSA) is 48.8 Å². The number of hydrogen-bond donors (Lipinski definition) is 1. The van der Waals surface area contributed by atoms with Crippen LogP contribution in [0.2, 0.25) is 0 Å². The Hall–Kier alpha value is -1.92. The summed E-state index contributed by atoms with van der Waals surface area (Å²) in [7, 11) is 1.77. The minimum atomic E-state index is -0.549. The maximum Gasteiger partial charge on any atom is 0.136 e. The Kier molecular flexibility index (Phi) is 8.11. The Morgan fingerprint density at radius 3 is 2.58 bits per heavy atom. The van der Waals surface area contributed by atoms with Crippen LogP contribution in [0.15, 0.2) is 54.1 Å². The fourth-order valence-electron chi connectivity index (χ4n) is 4.49. The Bertz CT molecular complexity index is 938. The van der Waals surface area contributed by atoms with Gasteiger partial charge in [0, 0.05) is 51.7 Å². The predicted octanol–water partition coefficient (Wildman–Crippen LogP) is 4.30. The van der Waals surface area contributed by atoms with E-state index in [4.69, 9.17) is 14.8 Å². The lowest BCUT2D eigenvalue weighted by Gasteiger charge is -2.37.